The van der Waals surface area contributed by atoms with Gasteiger partial charge in [0.2, 0.25) is 5.91 Å². The Hall–Kier alpha value is -3.49. The van der Waals surface area contributed by atoms with Gasteiger partial charge in [0.25, 0.3) is 5.92 Å². The maximum Gasteiger partial charge on any atom is 0.407 e. The van der Waals surface area contributed by atoms with Crippen LogP contribution in [0.2, 0.25) is 0 Å². The molecule has 0 bridgehead atoms. The molecular formula is C26H28F2N2O5. The third-order valence-electron chi connectivity index (χ3n) is 6.70. The molecule has 7 nitrogen and oxygen atoms in total. The molecule has 3 atom stereocenters. The van der Waals surface area contributed by atoms with E-state index >= 15 is 0 Å². The van der Waals surface area contributed by atoms with Gasteiger partial charge >= 0.3 is 12.1 Å². The molecule has 2 aromatic rings. The van der Waals surface area contributed by atoms with Crippen LogP contribution in [0.1, 0.15) is 37.8 Å². The number of benzene rings is 2. The number of carbonyl (C=O) groups is 3. The number of ether oxygens (including phenoxy) is 1. The molecule has 35 heavy (non-hydrogen) atoms. The molecule has 1 saturated carbocycles. The first-order valence-corrected chi connectivity index (χ1v) is 11.4. The maximum absolute atomic E-state index is 13.6. The Morgan fingerprint density at radius 2 is 1.57 bits per heavy atom. The van der Waals surface area contributed by atoms with Crippen molar-refractivity contribution in [1.82, 2.24) is 10.6 Å². The molecule has 3 N–H and O–H groups in total. The van der Waals surface area contributed by atoms with Crippen LogP contribution in [0.3, 0.4) is 0 Å². The lowest BCUT2D eigenvalue weighted by Gasteiger charge is -2.30. The topological polar surface area (TPSA) is 105 Å². The van der Waals surface area contributed by atoms with Crippen LogP contribution in [-0.2, 0) is 14.3 Å². The standard InChI is InChI=1S/C26H28F2N2O5/c1-25(2,3)21(22(31)29-12-19-20(23(32)33)26(19,27)28)30-24(34)35-13-18-16-10-6-4-8-14(16)15-9-5-7-11-17(15)18/h4-11,18-21H,12-13H2,1-3H3,(H,29,31)(H,30,34)(H,32,33)/t19-,20-,21+/m1/s1. The molecule has 0 saturated heterocycles. The molecule has 9 heteroatoms. The summed E-state index contributed by atoms with van der Waals surface area (Å²) in [7, 11) is 0. The summed E-state index contributed by atoms with van der Waals surface area (Å²) in [6, 6.07) is 14.7. The number of nitrogens with one attached hydrogen (secondary N) is 2. The number of aliphatic carboxylic acids is 1. The molecule has 2 amide bonds. The molecule has 0 aromatic heterocycles. The van der Waals surface area contributed by atoms with Gasteiger partial charge in [0.05, 0.1) is 5.92 Å². The monoisotopic (exact) mass is 486 g/mol. The minimum absolute atomic E-state index is 0.0624. The fourth-order valence-corrected chi connectivity index (χ4v) is 4.73. The van der Waals surface area contributed by atoms with Crippen molar-refractivity contribution in [3.05, 3.63) is 59.7 Å². The molecule has 2 aliphatic carbocycles. The van der Waals surface area contributed by atoms with Gasteiger partial charge < -0.3 is 20.5 Å². The zero-order valence-electron chi connectivity index (χ0n) is 19.7. The van der Waals surface area contributed by atoms with Crippen molar-refractivity contribution in [1.29, 1.82) is 0 Å². The zero-order chi connectivity index (χ0) is 25.5. The van der Waals surface area contributed by atoms with Crippen molar-refractivity contribution in [3.63, 3.8) is 0 Å². The van der Waals surface area contributed by atoms with Gasteiger partial charge in [-0.05, 0) is 27.7 Å². The van der Waals surface area contributed by atoms with Crippen LogP contribution in [0.25, 0.3) is 11.1 Å². The summed E-state index contributed by atoms with van der Waals surface area (Å²) in [6.07, 6.45) is -0.804. The second-order valence-electron chi connectivity index (χ2n) is 10.1. The van der Waals surface area contributed by atoms with Crippen molar-refractivity contribution in [3.8, 4) is 11.1 Å². The SMILES string of the molecule is CC(C)(C)[C@@H](NC(=O)OCC1c2ccccc2-c2ccccc21)C(=O)NC[C@@H]1[C@H](C(=O)O)C1(F)F. The van der Waals surface area contributed by atoms with E-state index in [0.717, 1.165) is 22.3 Å². The van der Waals surface area contributed by atoms with Crippen molar-refractivity contribution < 1.29 is 33.0 Å². The van der Waals surface area contributed by atoms with E-state index in [0.29, 0.717) is 0 Å². The Bertz CT molecular complexity index is 1110. The highest BCUT2D eigenvalue weighted by molar-refractivity contribution is 5.87. The third-order valence-corrected chi connectivity index (χ3v) is 6.70. The molecule has 0 radical (unpaired) electrons. The molecule has 0 unspecified atom stereocenters. The van der Waals surface area contributed by atoms with E-state index in [-0.39, 0.29) is 12.5 Å². The summed E-state index contributed by atoms with van der Waals surface area (Å²) in [5, 5.41) is 13.8. The number of alkyl halides is 2. The summed E-state index contributed by atoms with van der Waals surface area (Å²) in [5.74, 6) is -9.09. The highest BCUT2D eigenvalue weighted by atomic mass is 19.3. The second kappa shape index (κ2) is 8.94. The predicted octanol–water partition coefficient (Wildman–Crippen LogP) is 4.02. The number of amides is 2. The molecule has 186 valence electrons. The lowest BCUT2D eigenvalue weighted by molar-refractivity contribution is -0.141. The number of hydrogen-bond donors (Lipinski definition) is 3. The van der Waals surface area contributed by atoms with E-state index in [4.69, 9.17) is 9.84 Å². The Labute approximate surface area is 201 Å². The Kier molecular flexibility index (Phi) is 6.29. The van der Waals surface area contributed by atoms with E-state index in [9.17, 15) is 23.2 Å². The van der Waals surface area contributed by atoms with Crippen LogP contribution >= 0.6 is 0 Å². The highest BCUT2D eigenvalue weighted by Gasteiger charge is 2.72. The normalized spacial score (nSPS) is 20.8. The van der Waals surface area contributed by atoms with Crippen molar-refractivity contribution >= 4 is 18.0 Å². The molecule has 0 heterocycles. The molecule has 1 fully saturated rings. The average Bonchev–Trinajstić information content (AvgIpc) is 3.21. The Morgan fingerprint density at radius 3 is 2.06 bits per heavy atom. The van der Waals surface area contributed by atoms with Crippen LogP contribution in [0, 0.1) is 17.3 Å². The smallest absolute Gasteiger partial charge is 0.407 e. The van der Waals surface area contributed by atoms with Gasteiger partial charge in [-0.15, -0.1) is 0 Å². The molecule has 0 spiro atoms. The van der Waals surface area contributed by atoms with Gasteiger partial charge in [0.1, 0.15) is 18.6 Å². The first-order chi connectivity index (χ1) is 16.4. The summed E-state index contributed by atoms with van der Waals surface area (Å²) in [6.45, 7) is 4.71. The van der Waals surface area contributed by atoms with Crippen LogP contribution in [0.15, 0.2) is 48.5 Å². The highest BCUT2D eigenvalue weighted by Crippen LogP contribution is 2.55. The molecular weight excluding hydrogens is 458 g/mol. The largest absolute Gasteiger partial charge is 0.481 e. The van der Waals surface area contributed by atoms with Crippen molar-refractivity contribution in [2.75, 3.05) is 13.2 Å². The molecule has 0 aliphatic heterocycles. The zero-order valence-corrected chi connectivity index (χ0v) is 19.7. The van der Waals surface area contributed by atoms with Crippen molar-refractivity contribution in [2.45, 2.75) is 38.7 Å². The minimum atomic E-state index is -3.36. The number of carboxylic acids is 1. The fraction of sp³-hybridized carbons (Fsp3) is 0.423. The van der Waals surface area contributed by atoms with E-state index in [1.165, 1.54) is 0 Å². The van der Waals surface area contributed by atoms with Crippen LogP contribution < -0.4 is 10.6 Å². The summed E-state index contributed by atoms with van der Waals surface area (Å²) < 4.78 is 32.8. The first kappa shape index (κ1) is 24.6. The Morgan fingerprint density at radius 1 is 1.03 bits per heavy atom. The quantitative estimate of drug-likeness (QED) is 0.548. The van der Waals surface area contributed by atoms with Crippen molar-refractivity contribution in [2.24, 2.45) is 17.3 Å². The number of halogens is 2. The van der Waals surface area contributed by atoms with Gasteiger partial charge in [-0.1, -0.05) is 69.3 Å². The summed E-state index contributed by atoms with van der Waals surface area (Å²) in [4.78, 5) is 36.4. The maximum atomic E-state index is 13.6. The fourth-order valence-electron chi connectivity index (χ4n) is 4.73. The minimum Gasteiger partial charge on any atom is -0.481 e. The Balaban J connectivity index is 1.38. The molecule has 2 aromatic carbocycles. The van der Waals surface area contributed by atoms with E-state index in [2.05, 4.69) is 10.6 Å². The number of fused-ring (bicyclic) bond motifs is 3. The van der Waals surface area contributed by atoms with Gasteiger partial charge in [0.15, 0.2) is 0 Å². The van der Waals surface area contributed by atoms with Crippen LogP contribution in [0.4, 0.5) is 13.6 Å². The number of carbonyl (C=O) groups excluding carboxylic acids is 2. The van der Waals surface area contributed by atoms with Gasteiger partial charge in [-0.3, -0.25) is 9.59 Å². The van der Waals surface area contributed by atoms with E-state index in [1.807, 2.05) is 48.5 Å². The third kappa shape index (κ3) is 4.72. The molecule has 4 rings (SSSR count). The van der Waals surface area contributed by atoms with Gasteiger partial charge in [0, 0.05) is 12.5 Å². The number of hydrogen-bond acceptors (Lipinski definition) is 4. The predicted molar refractivity (Wildman–Crippen MR) is 124 cm³/mol. The number of alkyl carbamates (subject to hydrolysis) is 1. The summed E-state index contributed by atoms with van der Waals surface area (Å²) in [5.41, 5.74) is 3.50. The van der Waals surface area contributed by atoms with Crippen LogP contribution in [-0.4, -0.2) is 48.2 Å². The number of carboxylic acid groups (broad SMARTS) is 1. The van der Waals surface area contributed by atoms with Gasteiger partial charge in [-0.25, -0.2) is 13.6 Å². The first-order valence-electron chi connectivity index (χ1n) is 11.4. The number of rotatable bonds is 7. The van der Waals surface area contributed by atoms with E-state index < -0.39 is 53.7 Å². The average molecular weight is 487 g/mol. The summed E-state index contributed by atoms with van der Waals surface area (Å²) >= 11 is 0. The lowest BCUT2D eigenvalue weighted by Crippen LogP contribution is -2.54. The molecule has 2 aliphatic rings. The van der Waals surface area contributed by atoms with Gasteiger partial charge in [-0.2, -0.15) is 0 Å². The van der Waals surface area contributed by atoms with Crippen LogP contribution in [0.5, 0.6) is 0 Å². The second-order valence-corrected chi connectivity index (χ2v) is 10.1. The lowest BCUT2D eigenvalue weighted by atomic mass is 9.86. The van der Waals surface area contributed by atoms with E-state index in [1.54, 1.807) is 20.8 Å².